The molecular formula is C30H56. The van der Waals surface area contributed by atoms with Gasteiger partial charge >= 0.3 is 0 Å². The monoisotopic (exact) mass is 416 g/mol. The molecule has 1 rings (SSSR count). The van der Waals surface area contributed by atoms with Crippen molar-refractivity contribution in [3.63, 3.8) is 0 Å². The fourth-order valence-electron chi connectivity index (χ4n) is 6.40. The van der Waals surface area contributed by atoms with Crippen LogP contribution >= 0.6 is 0 Å². The smallest absolute Gasteiger partial charge is 0.00842 e. The first-order valence-electron chi connectivity index (χ1n) is 13.3. The summed E-state index contributed by atoms with van der Waals surface area (Å²) in [4.78, 5) is 0. The van der Waals surface area contributed by atoms with Crippen molar-refractivity contribution in [2.75, 3.05) is 0 Å². The molecule has 0 bridgehead atoms. The van der Waals surface area contributed by atoms with E-state index in [9.17, 15) is 0 Å². The molecule has 1 aliphatic carbocycles. The highest BCUT2D eigenvalue weighted by atomic mass is 14.5. The fraction of sp³-hybridized carbons (Fsp3) is 0.867. The largest absolute Gasteiger partial charge is 0.0998 e. The maximum atomic E-state index is 4.38. The minimum atomic E-state index is 0.422. The normalized spacial score (nSPS) is 26.9. The molecule has 0 aromatic heterocycles. The predicted molar refractivity (Wildman–Crippen MR) is 138 cm³/mol. The Morgan fingerprint density at radius 1 is 0.967 bits per heavy atom. The lowest BCUT2D eigenvalue weighted by Crippen LogP contribution is -2.28. The minimum absolute atomic E-state index is 0.422. The Balaban J connectivity index is 2.84. The zero-order chi connectivity index (χ0) is 22.8. The highest BCUT2D eigenvalue weighted by molar-refractivity contribution is 5.14. The first kappa shape index (κ1) is 27.5. The molecule has 1 aliphatic rings. The molecule has 0 N–H and O–H groups in total. The van der Waals surface area contributed by atoms with E-state index in [2.05, 4.69) is 74.1 Å². The Morgan fingerprint density at radius 2 is 1.60 bits per heavy atom. The third-order valence-corrected chi connectivity index (χ3v) is 8.14. The van der Waals surface area contributed by atoms with Crippen LogP contribution in [0, 0.1) is 28.1 Å². The fourth-order valence-corrected chi connectivity index (χ4v) is 6.40. The number of hydrogen-bond acceptors (Lipinski definition) is 0. The van der Waals surface area contributed by atoms with Crippen LogP contribution in [0.4, 0.5) is 0 Å². The molecule has 176 valence electrons. The quantitative estimate of drug-likeness (QED) is 0.247. The highest BCUT2D eigenvalue weighted by Crippen LogP contribution is 2.55. The molecule has 30 heavy (non-hydrogen) atoms. The van der Waals surface area contributed by atoms with Crippen molar-refractivity contribution in [1.29, 1.82) is 0 Å². The van der Waals surface area contributed by atoms with Gasteiger partial charge in [0.2, 0.25) is 0 Å². The minimum Gasteiger partial charge on any atom is -0.0998 e. The molecule has 4 atom stereocenters. The second-order valence-electron chi connectivity index (χ2n) is 12.3. The molecular weight excluding hydrogens is 360 g/mol. The summed E-state index contributed by atoms with van der Waals surface area (Å²) in [5.41, 5.74) is 2.85. The van der Waals surface area contributed by atoms with Crippen LogP contribution < -0.4 is 0 Å². The van der Waals surface area contributed by atoms with E-state index in [1.807, 2.05) is 0 Å². The molecule has 0 heteroatoms. The molecule has 0 nitrogen and oxygen atoms in total. The van der Waals surface area contributed by atoms with Gasteiger partial charge in [-0.1, -0.05) is 98.0 Å². The number of unbranched alkanes of at least 4 members (excludes halogenated alkanes) is 1. The van der Waals surface area contributed by atoms with Crippen LogP contribution in [-0.4, -0.2) is 0 Å². The molecule has 0 aliphatic heterocycles. The summed E-state index contributed by atoms with van der Waals surface area (Å²) in [5, 5.41) is 0. The van der Waals surface area contributed by atoms with Crippen LogP contribution in [0.1, 0.15) is 139 Å². The Kier molecular flexibility index (Phi) is 11.5. The average molecular weight is 417 g/mol. The Bertz CT molecular complexity index is 519. The van der Waals surface area contributed by atoms with E-state index in [0.29, 0.717) is 16.2 Å². The van der Waals surface area contributed by atoms with E-state index >= 15 is 0 Å². The van der Waals surface area contributed by atoms with Gasteiger partial charge in [-0.05, 0) is 93.3 Å². The third kappa shape index (κ3) is 8.55. The molecule has 0 aromatic rings. The van der Waals surface area contributed by atoms with Crippen molar-refractivity contribution >= 4 is 0 Å². The van der Waals surface area contributed by atoms with Crippen molar-refractivity contribution < 1.29 is 0 Å². The van der Waals surface area contributed by atoms with Gasteiger partial charge in [0.05, 0.1) is 0 Å². The van der Waals surface area contributed by atoms with Crippen molar-refractivity contribution in [3.8, 4) is 0 Å². The highest BCUT2D eigenvalue weighted by Gasteiger charge is 2.45. The van der Waals surface area contributed by atoms with Crippen LogP contribution in [0.5, 0.6) is 0 Å². The van der Waals surface area contributed by atoms with E-state index in [0.717, 1.165) is 11.8 Å². The molecule has 0 radical (unpaired) electrons. The molecule has 0 aromatic carbocycles. The summed E-state index contributed by atoms with van der Waals surface area (Å²) in [5.74, 6) is 1.54. The summed E-state index contributed by atoms with van der Waals surface area (Å²) in [6.45, 7) is 23.4. The molecule has 0 amide bonds. The Morgan fingerprint density at radius 3 is 2.13 bits per heavy atom. The lowest BCUT2D eigenvalue weighted by Gasteiger charge is -2.38. The van der Waals surface area contributed by atoms with Crippen LogP contribution in [0.2, 0.25) is 0 Å². The molecule has 1 fully saturated rings. The van der Waals surface area contributed by atoms with Crippen molar-refractivity contribution in [3.05, 3.63) is 24.3 Å². The van der Waals surface area contributed by atoms with Gasteiger partial charge < -0.3 is 0 Å². The van der Waals surface area contributed by atoms with E-state index in [-0.39, 0.29) is 0 Å². The molecule has 0 spiro atoms. The van der Waals surface area contributed by atoms with Gasteiger partial charge in [-0.3, -0.25) is 0 Å². The summed E-state index contributed by atoms with van der Waals surface area (Å²) >= 11 is 0. The summed E-state index contributed by atoms with van der Waals surface area (Å²) in [6, 6.07) is 0. The Hall–Kier alpha value is -0.520. The number of allylic oxidation sites excluding steroid dienone is 3. The predicted octanol–water partition coefficient (Wildman–Crippen LogP) is 10.5. The van der Waals surface area contributed by atoms with E-state index in [1.165, 1.54) is 89.0 Å². The van der Waals surface area contributed by atoms with Crippen LogP contribution in [-0.2, 0) is 0 Å². The summed E-state index contributed by atoms with van der Waals surface area (Å²) in [7, 11) is 0. The standard InChI is InChI=1S/C30H56/c1-10-13-20-29(9,21-14-19-28(6,7)8)22-15-23-30(18-12-3)24-17-26(25(4)5)27(30)16-11-2/h12,18,26-27H,4,10-11,13-17,19-24H2,1-3,5-9H3. The molecule has 0 heterocycles. The topological polar surface area (TPSA) is 0 Å². The van der Waals surface area contributed by atoms with Gasteiger partial charge in [-0.2, -0.15) is 0 Å². The van der Waals surface area contributed by atoms with E-state index < -0.39 is 0 Å². The maximum absolute atomic E-state index is 4.38. The molecule has 1 saturated carbocycles. The van der Waals surface area contributed by atoms with E-state index in [1.54, 1.807) is 0 Å². The summed E-state index contributed by atoms with van der Waals surface area (Å²) in [6.07, 6.45) is 22.8. The first-order valence-corrected chi connectivity index (χ1v) is 13.3. The second-order valence-corrected chi connectivity index (χ2v) is 12.3. The number of hydrogen-bond donors (Lipinski definition) is 0. The number of rotatable bonds is 14. The Labute approximate surface area is 191 Å². The second kappa shape index (κ2) is 12.5. The zero-order valence-corrected chi connectivity index (χ0v) is 22.2. The maximum Gasteiger partial charge on any atom is -0.00842 e. The van der Waals surface area contributed by atoms with Crippen LogP contribution in [0.3, 0.4) is 0 Å². The van der Waals surface area contributed by atoms with Gasteiger partial charge in [0.1, 0.15) is 0 Å². The van der Waals surface area contributed by atoms with Gasteiger partial charge in [-0.15, -0.1) is 0 Å². The SMILES string of the molecule is C=C(C)C1CCC(C=CC)(CCCC(C)(CCCC)CCCC(C)(C)C)C1CCC. The van der Waals surface area contributed by atoms with Crippen LogP contribution in [0.25, 0.3) is 0 Å². The average Bonchev–Trinajstić information content (AvgIpc) is 2.98. The van der Waals surface area contributed by atoms with Gasteiger partial charge in [0.15, 0.2) is 0 Å². The van der Waals surface area contributed by atoms with Gasteiger partial charge in [0.25, 0.3) is 0 Å². The molecule has 0 saturated heterocycles. The van der Waals surface area contributed by atoms with Crippen molar-refractivity contribution in [2.45, 2.75) is 139 Å². The van der Waals surface area contributed by atoms with Crippen molar-refractivity contribution in [2.24, 2.45) is 28.1 Å². The lowest BCUT2D eigenvalue weighted by molar-refractivity contribution is 0.172. The lowest BCUT2D eigenvalue weighted by atomic mass is 9.67. The first-order chi connectivity index (χ1) is 14.0. The van der Waals surface area contributed by atoms with Crippen LogP contribution in [0.15, 0.2) is 24.3 Å². The zero-order valence-electron chi connectivity index (χ0n) is 22.2. The molecule has 4 unspecified atom stereocenters. The summed E-state index contributed by atoms with van der Waals surface area (Å²) < 4.78 is 0. The van der Waals surface area contributed by atoms with Gasteiger partial charge in [0, 0.05) is 0 Å². The van der Waals surface area contributed by atoms with E-state index in [4.69, 9.17) is 0 Å². The third-order valence-electron chi connectivity index (χ3n) is 8.14. The van der Waals surface area contributed by atoms with Gasteiger partial charge in [-0.25, -0.2) is 0 Å². The van der Waals surface area contributed by atoms with Crippen molar-refractivity contribution in [1.82, 2.24) is 0 Å².